The van der Waals surface area contributed by atoms with Gasteiger partial charge in [0.15, 0.2) is 6.23 Å². The van der Waals surface area contributed by atoms with Crippen molar-refractivity contribution < 1.29 is 26.8 Å². The molecule has 0 aromatic rings. The lowest BCUT2D eigenvalue weighted by molar-refractivity contribution is -0.0212. The maximum absolute atomic E-state index is 11.7. The molecule has 16 heavy (non-hydrogen) atoms. The minimum absolute atomic E-state index is 0.253. The number of urea groups is 1. The molecule has 90 valence electrons. The van der Waals surface area contributed by atoms with E-state index in [1.807, 2.05) is 0 Å². The van der Waals surface area contributed by atoms with Gasteiger partial charge in [0, 0.05) is 7.11 Å². The summed E-state index contributed by atoms with van der Waals surface area (Å²) < 4.78 is 38.8. The first-order valence-electron chi connectivity index (χ1n) is 4.40. The standard InChI is InChI=1S/C7H10N2O6S/c1-14-6-3-2-5-4-8(6)7(10)9(5)15-16(11,12)13/h2-3,5-6H,4H2,1H3,(H,11,12,13). The number of carbonyl (C=O) groups excluding carboxylic acids is 1. The van der Waals surface area contributed by atoms with E-state index < -0.39 is 28.7 Å². The first kappa shape index (κ1) is 11.3. The molecular formula is C7H10N2O6S. The predicted octanol–water partition coefficient (Wildman–Crippen LogP) is -0.631. The minimum Gasteiger partial charge on any atom is -0.358 e. The Bertz CT molecular complexity index is 432. The molecular weight excluding hydrogens is 240 g/mol. The Labute approximate surface area is 91.9 Å². The third kappa shape index (κ3) is 1.89. The summed E-state index contributed by atoms with van der Waals surface area (Å²) >= 11 is 0. The maximum Gasteiger partial charge on any atom is 0.418 e. The average Bonchev–Trinajstić information content (AvgIpc) is 2.43. The first-order valence-corrected chi connectivity index (χ1v) is 5.77. The van der Waals surface area contributed by atoms with Crippen LogP contribution in [0.25, 0.3) is 0 Å². The fourth-order valence-corrected chi connectivity index (χ4v) is 2.07. The second kappa shape index (κ2) is 3.70. The lowest BCUT2D eigenvalue weighted by Crippen LogP contribution is -2.39. The van der Waals surface area contributed by atoms with Gasteiger partial charge in [-0.3, -0.25) is 9.45 Å². The van der Waals surface area contributed by atoms with Gasteiger partial charge in [-0.05, 0) is 6.08 Å². The van der Waals surface area contributed by atoms with Crippen molar-refractivity contribution in [3.8, 4) is 0 Å². The molecule has 0 aromatic heterocycles. The van der Waals surface area contributed by atoms with Gasteiger partial charge in [0.25, 0.3) is 0 Å². The molecule has 2 bridgehead atoms. The summed E-state index contributed by atoms with van der Waals surface area (Å²) in [6.07, 6.45) is 2.65. The Morgan fingerprint density at radius 1 is 1.50 bits per heavy atom. The van der Waals surface area contributed by atoms with E-state index in [2.05, 4.69) is 4.28 Å². The van der Waals surface area contributed by atoms with Crippen molar-refractivity contribution >= 4 is 16.4 Å². The topological polar surface area (TPSA) is 96.4 Å². The van der Waals surface area contributed by atoms with Gasteiger partial charge in [-0.25, -0.2) is 4.79 Å². The second-order valence-corrected chi connectivity index (χ2v) is 4.35. The molecule has 2 rings (SSSR count). The minimum atomic E-state index is -4.70. The maximum atomic E-state index is 11.7. The van der Waals surface area contributed by atoms with Crippen LogP contribution >= 0.6 is 0 Å². The van der Waals surface area contributed by atoms with Gasteiger partial charge in [0.05, 0.1) is 12.6 Å². The molecule has 2 heterocycles. The van der Waals surface area contributed by atoms with Crippen LogP contribution in [-0.2, 0) is 19.4 Å². The summed E-state index contributed by atoms with van der Waals surface area (Å²) in [5.74, 6) is 0. The van der Waals surface area contributed by atoms with E-state index in [1.54, 1.807) is 12.2 Å². The Kier molecular flexibility index (Phi) is 2.62. The molecule has 1 saturated heterocycles. The summed E-state index contributed by atoms with van der Waals surface area (Å²) in [4.78, 5) is 13.0. The molecule has 9 heteroatoms. The summed E-state index contributed by atoms with van der Waals surface area (Å²) in [5.41, 5.74) is 0. The summed E-state index contributed by atoms with van der Waals surface area (Å²) in [7, 11) is -3.27. The smallest absolute Gasteiger partial charge is 0.358 e. The number of hydrogen-bond donors (Lipinski definition) is 1. The average molecular weight is 250 g/mol. The van der Waals surface area contributed by atoms with Crippen LogP contribution in [0.1, 0.15) is 0 Å². The van der Waals surface area contributed by atoms with Crippen LogP contribution in [0.5, 0.6) is 0 Å². The lowest BCUT2D eigenvalue weighted by Gasteiger charge is -2.24. The number of rotatable bonds is 3. The van der Waals surface area contributed by atoms with E-state index in [0.29, 0.717) is 5.06 Å². The number of carbonyl (C=O) groups is 1. The molecule has 2 unspecified atom stereocenters. The highest BCUT2D eigenvalue weighted by atomic mass is 32.3. The fourth-order valence-electron chi connectivity index (χ4n) is 1.70. The molecule has 0 aromatic carbocycles. The van der Waals surface area contributed by atoms with Crippen LogP contribution in [-0.4, -0.2) is 54.9 Å². The van der Waals surface area contributed by atoms with E-state index >= 15 is 0 Å². The summed E-state index contributed by atoms with van der Waals surface area (Å²) in [6, 6.07) is -1.21. The second-order valence-electron chi connectivity index (χ2n) is 3.34. The molecule has 0 aliphatic carbocycles. The molecule has 2 atom stereocenters. The van der Waals surface area contributed by atoms with E-state index in [4.69, 9.17) is 9.29 Å². The highest BCUT2D eigenvalue weighted by Gasteiger charge is 2.44. The third-order valence-corrected chi connectivity index (χ3v) is 2.69. The van der Waals surface area contributed by atoms with E-state index in [-0.39, 0.29) is 6.54 Å². The number of nitrogens with zero attached hydrogens (tertiary/aromatic N) is 2. The van der Waals surface area contributed by atoms with Crippen molar-refractivity contribution in [2.45, 2.75) is 12.3 Å². The lowest BCUT2D eigenvalue weighted by atomic mass is 10.2. The van der Waals surface area contributed by atoms with Gasteiger partial charge in [0.2, 0.25) is 0 Å². The van der Waals surface area contributed by atoms with E-state index in [0.717, 1.165) is 0 Å². The zero-order chi connectivity index (χ0) is 11.9. The normalized spacial score (nSPS) is 29.0. The van der Waals surface area contributed by atoms with Crippen LogP contribution in [0.2, 0.25) is 0 Å². The van der Waals surface area contributed by atoms with Gasteiger partial charge in [-0.15, -0.1) is 4.28 Å². The van der Waals surface area contributed by atoms with Crippen LogP contribution in [0.4, 0.5) is 4.79 Å². The van der Waals surface area contributed by atoms with Gasteiger partial charge in [-0.2, -0.15) is 13.5 Å². The van der Waals surface area contributed by atoms with Crippen molar-refractivity contribution in [3.05, 3.63) is 12.2 Å². The monoisotopic (exact) mass is 250 g/mol. The van der Waals surface area contributed by atoms with E-state index in [9.17, 15) is 13.2 Å². The van der Waals surface area contributed by atoms with Crippen LogP contribution in [0, 0.1) is 0 Å². The SMILES string of the molecule is COC1C=CC2CN1C(=O)N2OS(=O)(=O)O. The summed E-state index contributed by atoms with van der Waals surface area (Å²) in [5, 5.41) is 0.602. The molecule has 2 aliphatic rings. The number of methoxy groups -OCH3 is 1. The Balaban J connectivity index is 2.21. The zero-order valence-electron chi connectivity index (χ0n) is 8.31. The van der Waals surface area contributed by atoms with Crippen molar-refractivity contribution in [2.75, 3.05) is 13.7 Å². The predicted molar refractivity (Wildman–Crippen MR) is 50.3 cm³/mol. The fraction of sp³-hybridized carbons (Fsp3) is 0.571. The van der Waals surface area contributed by atoms with E-state index in [1.165, 1.54) is 12.0 Å². The molecule has 8 nitrogen and oxygen atoms in total. The number of fused-ring (bicyclic) bond motifs is 2. The number of hydrogen-bond acceptors (Lipinski definition) is 5. The van der Waals surface area contributed by atoms with Crippen LogP contribution in [0.15, 0.2) is 12.2 Å². The highest BCUT2D eigenvalue weighted by molar-refractivity contribution is 7.80. The molecule has 0 spiro atoms. The number of ether oxygens (including phenoxy) is 1. The molecule has 1 fully saturated rings. The van der Waals surface area contributed by atoms with Crippen molar-refractivity contribution in [2.24, 2.45) is 0 Å². The third-order valence-electron chi connectivity index (χ3n) is 2.34. The zero-order valence-corrected chi connectivity index (χ0v) is 9.12. The first-order chi connectivity index (χ1) is 7.42. The Morgan fingerprint density at radius 3 is 2.75 bits per heavy atom. The molecule has 1 N–H and O–H groups in total. The number of hydroxylamine groups is 2. The number of amides is 2. The molecule has 0 saturated carbocycles. The quantitative estimate of drug-likeness (QED) is 0.529. The van der Waals surface area contributed by atoms with Crippen molar-refractivity contribution in [1.82, 2.24) is 9.96 Å². The van der Waals surface area contributed by atoms with Gasteiger partial charge in [-0.1, -0.05) is 6.08 Å². The molecule has 2 aliphatic heterocycles. The Morgan fingerprint density at radius 2 is 2.19 bits per heavy atom. The van der Waals surface area contributed by atoms with Gasteiger partial charge < -0.3 is 4.74 Å². The van der Waals surface area contributed by atoms with Crippen molar-refractivity contribution in [3.63, 3.8) is 0 Å². The van der Waals surface area contributed by atoms with Gasteiger partial charge in [0.1, 0.15) is 0 Å². The summed E-state index contributed by atoms with van der Waals surface area (Å²) in [6.45, 7) is 0.253. The Hall–Kier alpha value is -1.16. The van der Waals surface area contributed by atoms with Crippen LogP contribution in [0.3, 0.4) is 0 Å². The largest absolute Gasteiger partial charge is 0.418 e. The van der Waals surface area contributed by atoms with Crippen molar-refractivity contribution in [1.29, 1.82) is 0 Å². The molecule has 0 radical (unpaired) electrons. The van der Waals surface area contributed by atoms with Crippen LogP contribution < -0.4 is 0 Å². The van der Waals surface area contributed by atoms with Gasteiger partial charge >= 0.3 is 16.4 Å². The highest BCUT2D eigenvalue weighted by Crippen LogP contribution is 2.26. The molecule has 2 amide bonds.